The minimum absolute atomic E-state index is 0. The number of halogens is 1. The number of carbonyl (C=O) groups is 1. The van der Waals surface area contributed by atoms with E-state index in [0.717, 1.165) is 24.5 Å². The molecule has 2 aliphatic rings. The van der Waals surface area contributed by atoms with Gasteiger partial charge in [-0.3, -0.25) is 0 Å². The van der Waals surface area contributed by atoms with E-state index in [1.54, 1.807) is 4.90 Å². The maximum Gasteiger partial charge on any atom is 0.410 e. The van der Waals surface area contributed by atoms with Crippen LogP contribution in [0.2, 0.25) is 0 Å². The fraction of sp³-hybridized carbons (Fsp3) is 0.650. The number of hydrogen-bond acceptors (Lipinski definition) is 5. The molecule has 0 atom stereocenters. The maximum absolute atomic E-state index is 12.2. The van der Waals surface area contributed by atoms with E-state index in [9.17, 15) is 4.79 Å². The van der Waals surface area contributed by atoms with Crippen molar-refractivity contribution in [2.24, 2.45) is 10.7 Å². The number of amides is 1. The van der Waals surface area contributed by atoms with Crippen molar-refractivity contribution in [3.8, 4) is 0 Å². The molecule has 1 aromatic rings. The average molecular weight is 516 g/mol. The number of nitrogens with zero attached hydrogens (tertiary/aromatic N) is 5. The van der Waals surface area contributed by atoms with Crippen LogP contribution in [0.3, 0.4) is 0 Å². The van der Waals surface area contributed by atoms with Crippen LogP contribution >= 0.6 is 24.0 Å². The number of hydrogen-bond donors (Lipinski definition) is 1. The second kappa shape index (κ2) is 10.3. The number of aliphatic imine (C=N–C) groups is 1. The van der Waals surface area contributed by atoms with Gasteiger partial charge < -0.3 is 25.2 Å². The number of piperazine rings is 1. The fourth-order valence-corrected chi connectivity index (χ4v) is 3.39. The molecule has 0 radical (unpaired) electrons. The molecule has 0 aliphatic carbocycles. The van der Waals surface area contributed by atoms with E-state index in [2.05, 4.69) is 20.9 Å². The Labute approximate surface area is 190 Å². The first-order chi connectivity index (χ1) is 13.3. The van der Waals surface area contributed by atoms with Gasteiger partial charge in [-0.2, -0.15) is 0 Å². The van der Waals surface area contributed by atoms with E-state index in [0.29, 0.717) is 38.7 Å². The Balaban J connectivity index is 0.00000300. The highest BCUT2D eigenvalue weighted by molar-refractivity contribution is 14.0. The van der Waals surface area contributed by atoms with Gasteiger partial charge in [0.1, 0.15) is 11.4 Å². The molecule has 162 valence electrons. The van der Waals surface area contributed by atoms with Gasteiger partial charge in [-0.1, -0.05) is 0 Å². The number of carbonyl (C=O) groups excluding carboxylic acids is 1. The van der Waals surface area contributed by atoms with Crippen LogP contribution in [0, 0.1) is 0 Å². The van der Waals surface area contributed by atoms with Gasteiger partial charge in [0.25, 0.3) is 0 Å². The van der Waals surface area contributed by atoms with Crippen LogP contribution in [0.15, 0.2) is 23.3 Å². The quantitative estimate of drug-likeness (QED) is 0.378. The summed E-state index contributed by atoms with van der Waals surface area (Å²) < 4.78 is 5.43. The molecule has 2 fully saturated rings. The second-order valence-electron chi connectivity index (χ2n) is 8.35. The predicted octanol–water partition coefficient (Wildman–Crippen LogP) is 2.67. The Hall–Kier alpha value is -1.78. The lowest BCUT2D eigenvalue weighted by molar-refractivity contribution is 0.0186. The molecule has 2 aliphatic heterocycles. The summed E-state index contributed by atoms with van der Waals surface area (Å²) in [6, 6.07) is 4.08. The highest BCUT2D eigenvalue weighted by Gasteiger charge is 2.26. The maximum atomic E-state index is 12.2. The van der Waals surface area contributed by atoms with Gasteiger partial charge in [0, 0.05) is 45.5 Å². The summed E-state index contributed by atoms with van der Waals surface area (Å²) in [6.07, 6.45) is 4.03. The molecule has 0 unspecified atom stereocenters. The fourth-order valence-electron chi connectivity index (χ4n) is 3.39. The molecule has 3 heterocycles. The molecule has 1 aromatic heterocycles. The standard InChI is InChI=1S/C20H32N6O2.HI/c1-20(2,3)28-19(27)26-12-10-25(11-13-26)18(21)23-15-16-6-7-22-17(14-16)24-8-4-5-9-24;/h6-7,14H,4-5,8-13,15H2,1-3H3,(H2,21,23);1H. The van der Waals surface area contributed by atoms with Gasteiger partial charge in [-0.25, -0.2) is 14.8 Å². The molecule has 2 saturated heterocycles. The van der Waals surface area contributed by atoms with Gasteiger partial charge in [-0.05, 0) is 51.3 Å². The molecular formula is C20H33IN6O2. The Morgan fingerprint density at radius 2 is 1.76 bits per heavy atom. The summed E-state index contributed by atoms with van der Waals surface area (Å²) in [4.78, 5) is 27.2. The van der Waals surface area contributed by atoms with Crippen molar-refractivity contribution in [2.45, 2.75) is 45.8 Å². The number of guanidine groups is 1. The Kier molecular flexibility index (Phi) is 8.35. The van der Waals surface area contributed by atoms with Crippen molar-refractivity contribution >= 4 is 41.8 Å². The molecule has 3 rings (SSSR count). The zero-order chi connectivity index (χ0) is 20.1. The van der Waals surface area contributed by atoms with Crippen molar-refractivity contribution in [1.29, 1.82) is 0 Å². The number of aromatic nitrogens is 1. The summed E-state index contributed by atoms with van der Waals surface area (Å²) in [5.74, 6) is 1.54. The Morgan fingerprint density at radius 1 is 1.14 bits per heavy atom. The van der Waals surface area contributed by atoms with E-state index in [1.165, 1.54) is 12.8 Å². The highest BCUT2D eigenvalue weighted by atomic mass is 127. The Bertz CT molecular complexity index is 707. The van der Waals surface area contributed by atoms with Crippen molar-refractivity contribution in [1.82, 2.24) is 14.8 Å². The van der Waals surface area contributed by atoms with Crippen LogP contribution in [0.25, 0.3) is 0 Å². The summed E-state index contributed by atoms with van der Waals surface area (Å²) in [7, 11) is 0. The lowest BCUT2D eigenvalue weighted by Crippen LogP contribution is -2.53. The molecule has 0 aromatic carbocycles. The average Bonchev–Trinajstić information content (AvgIpc) is 3.20. The van der Waals surface area contributed by atoms with Crippen LogP contribution in [0.1, 0.15) is 39.2 Å². The first kappa shape index (κ1) is 23.5. The van der Waals surface area contributed by atoms with Gasteiger partial charge in [0.15, 0.2) is 5.96 Å². The number of ether oxygens (including phenoxy) is 1. The smallest absolute Gasteiger partial charge is 0.410 e. The van der Waals surface area contributed by atoms with Gasteiger partial charge in [0.2, 0.25) is 0 Å². The molecule has 0 bridgehead atoms. The normalized spacial score (nSPS) is 17.9. The molecule has 2 N–H and O–H groups in total. The van der Waals surface area contributed by atoms with Gasteiger partial charge in [-0.15, -0.1) is 24.0 Å². The van der Waals surface area contributed by atoms with Crippen molar-refractivity contribution in [3.05, 3.63) is 23.9 Å². The summed E-state index contributed by atoms with van der Waals surface area (Å²) in [6.45, 7) is 10.8. The van der Waals surface area contributed by atoms with Crippen molar-refractivity contribution < 1.29 is 9.53 Å². The van der Waals surface area contributed by atoms with Gasteiger partial charge >= 0.3 is 6.09 Å². The first-order valence-corrected chi connectivity index (χ1v) is 10.0. The number of rotatable bonds is 3. The minimum Gasteiger partial charge on any atom is -0.444 e. The number of pyridine rings is 1. The molecule has 8 nitrogen and oxygen atoms in total. The molecule has 1 amide bonds. The number of nitrogens with two attached hydrogens (primary N) is 1. The minimum atomic E-state index is -0.479. The lowest BCUT2D eigenvalue weighted by Gasteiger charge is -2.36. The summed E-state index contributed by atoms with van der Waals surface area (Å²) >= 11 is 0. The summed E-state index contributed by atoms with van der Waals surface area (Å²) in [5.41, 5.74) is 6.82. The van der Waals surface area contributed by atoms with E-state index >= 15 is 0 Å². The lowest BCUT2D eigenvalue weighted by atomic mass is 10.2. The van der Waals surface area contributed by atoms with E-state index < -0.39 is 5.60 Å². The Morgan fingerprint density at radius 3 is 2.38 bits per heavy atom. The van der Waals surface area contributed by atoms with Crippen molar-refractivity contribution in [2.75, 3.05) is 44.2 Å². The van der Waals surface area contributed by atoms with E-state index in [4.69, 9.17) is 10.5 Å². The van der Waals surface area contributed by atoms with Crippen LogP contribution in [0.4, 0.5) is 10.6 Å². The molecule has 9 heteroatoms. The molecule has 0 spiro atoms. The van der Waals surface area contributed by atoms with Crippen LogP contribution in [0.5, 0.6) is 0 Å². The zero-order valence-electron chi connectivity index (χ0n) is 17.6. The van der Waals surface area contributed by atoms with Crippen molar-refractivity contribution in [3.63, 3.8) is 0 Å². The number of anilines is 1. The highest BCUT2D eigenvalue weighted by Crippen LogP contribution is 2.19. The monoisotopic (exact) mass is 516 g/mol. The van der Waals surface area contributed by atoms with Gasteiger partial charge in [0.05, 0.1) is 6.54 Å². The zero-order valence-corrected chi connectivity index (χ0v) is 20.0. The molecule has 0 saturated carbocycles. The molecular weight excluding hydrogens is 483 g/mol. The SMILES string of the molecule is CC(C)(C)OC(=O)N1CCN(C(N)=NCc2ccnc(N3CCCC3)c2)CC1.I. The van der Waals surface area contributed by atoms with Crippen LogP contribution in [-0.2, 0) is 11.3 Å². The van der Waals surface area contributed by atoms with E-state index in [-0.39, 0.29) is 30.1 Å². The largest absolute Gasteiger partial charge is 0.444 e. The van der Waals surface area contributed by atoms with E-state index in [1.807, 2.05) is 37.9 Å². The third-order valence-corrected chi connectivity index (χ3v) is 4.92. The first-order valence-electron chi connectivity index (χ1n) is 10.0. The van der Waals surface area contributed by atoms with Crippen LogP contribution in [-0.4, -0.2) is 71.7 Å². The second-order valence-corrected chi connectivity index (χ2v) is 8.35. The van der Waals surface area contributed by atoms with Crippen LogP contribution < -0.4 is 10.6 Å². The third-order valence-electron chi connectivity index (χ3n) is 4.92. The topological polar surface area (TPSA) is 87.3 Å². The predicted molar refractivity (Wildman–Crippen MR) is 126 cm³/mol. The summed E-state index contributed by atoms with van der Waals surface area (Å²) in [5, 5.41) is 0. The molecule has 29 heavy (non-hydrogen) atoms. The third kappa shape index (κ3) is 6.90.